The van der Waals surface area contributed by atoms with Crippen LogP contribution in [0.4, 0.5) is 10.5 Å². The lowest BCUT2D eigenvalue weighted by Gasteiger charge is -2.26. The first kappa shape index (κ1) is 27.4. The van der Waals surface area contributed by atoms with Crippen molar-refractivity contribution in [3.63, 3.8) is 0 Å². The summed E-state index contributed by atoms with van der Waals surface area (Å²) < 4.78 is 6.88. The number of urea groups is 1. The Bertz CT molecular complexity index is 1730. The predicted octanol–water partition coefficient (Wildman–Crippen LogP) is 7.54. The van der Waals surface area contributed by atoms with E-state index in [0.29, 0.717) is 33.8 Å². The molecule has 5 rings (SSSR count). The van der Waals surface area contributed by atoms with Gasteiger partial charge in [-0.15, -0.1) is 6.58 Å². The Morgan fingerprint density at radius 1 is 1.00 bits per heavy atom. The van der Waals surface area contributed by atoms with Crippen LogP contribution in [0.25, 0.3) is 16.8 Å². The summed E-state index contributed by atoms with van der Waals surface area (Å²) in [5.41, 5.74) is 3.30. The summed E-state index contributed by atoms with van der Waals surface area (Å²) in [5.74, 6) is -0.880. The molecule has 0 saturated carbocycles. The lowest BCUT2D eigenvalue weighted by Crippen LogP contribution is -2.54. The Labute approximate surface area is 245 Å². The monoisotopic (exact) mass is 614 g/mol. The fraction of sp³-hybridized carbons (Fsp3) is 0.0938. The highest BCUT2D eigenvalue weighted by atomic mass is 79.9. The molecule has 4 aromatic carbocycles. The van der Waals surface area contributed by atoms with Crippen molar-refractivity contribution in [3.8, 4) is 5.75 Å². The van der Waals surface area contributed by atoms with Crippen molar-refractivity contribution >= 4 is 67.9 Å². The van der Waals surface area contributed by atoms with Gasteiger partial charge in [-0.05, 0) is 98.7 Å². The predicted molar refractivity (Wildman–Crippen MR) is 162 cm³/mol. The number of halogens is 2. The lowest BCUT2D eigenvalue weighted by molar-refractivity contribution is -0.122. The third-order valence-electron chi connectivity index (χ3n) is 6.53. The van der Waals surface area contributed by atoms with Crippen LogP contribution in [0.1, 0.15) is 22.3 Å². The molecular formula is C32H24BrClN2O4. The quantitative estimate of drug-likeness (QED) is 0.132. The second-order valence-electron chi connectivity index (χ2n) is 9.35. The zero-order chi connectivity index (χ0) is 28.4. The topological polar surface area (TPSA) is 75.7 Å². The molecule has 8 heteroatoms. The fourth-order valence-corrected chi connectivity index (χ4v) is 5.30. The third kappa shape index (κ3) is 5.57. The molecular weight excluding hydrogens is 592 g/mol. The molecule has 0 aromatic heterocycles. The highest BCUT2D eigenvalue weighted by Gasteiger charge is 2.37. The van der Waals surface area contributed by atoms with Crippen LogP contribution >= 0.6 is 27.5 Å². The van der Waals surface area contributed by atoms with E-state index < -0.39 is 17.8 Å². The van der Waals surface area contributed by atoms with Crippen molar-refractivity contribution in [1.82, 2.24) is 5.32 Å². The highest BCUT2D eigenvalue weighted by molar-refractivity contribution is 9.10. The van der Waals surface area contributed by atoms with Crippen molar-refractivity contribution < 1.29 is 19.1 Å². The Hall–Kier alpha value is -4.20. The number of nitrogens with zero attached hydrogens (tertiary/aromatic N) is 1. The number of nitrogens with one attached hydrogen (secondary N) is 1. The van der Waals surface area contributed by atoms with Crippen molar-refractivity contribution in [3.05, 3.63) is 123 Å². The molecule has 0 spiro atoms. The van der Waals surface area contributed by atoms with Gasteiger partial charge in [0.2, 0.25) is 0 Å². The standard InChI is InChI=1S/C32H24BrClN2O4/c1-3-6-24-14-21(16-27(33)29(24)40-18-20-10-11-22-7-4-5-8-23(22)13-20)15-26-30(37)35-32(39)36(31(26)38)25-12-9-19(2)28(34)17-25/h3-5,7-17H,1,6,18H2,2H3,(H,35,37,39)/b26-15-. The number of aryl methyl sites for hydroxylation is 1. The maximum atomic E-state index is 13.3. The first-order valence-electron chi connectivity index (χ1n) is 12.5. The van der Waals surface area contributed by atoms with E-state index in [-0.39, 0.29) is 11.3 Å². The average Bonchev–Trinajstić information content (AvgIpc) is 2.92. The number of amides is 4. The van der Waals surface area contributed by atoms with Gasteiger partial charge in [0.1, 0.15) is 17.9 Å². The fourth-order valence-electron chi connectivity index (χ4n) is 4.49. The largest absolute Gasteiger partial charge is 0.487 e. The molecule has 0 aliphatic carbocycles. The van der Waals surface area contributed by atoms with Gasteiger partial charge in [-0.25, -0.2) is 9.69 Å². The SMILES string of the molecule is C=CCc1cc(/C=C2/C(=O)NC(=O)N(c3ccc(C)c(Cl)c3)C2=O)cc(Br)c1OCc1ccc2ccccc2c1. The van der Waals surface area contributed by atoms with Crippen LogP contribution in [0.3, 0.4) is 0 Å². The van der Waals surface area contributed by atoms with Gasteiger partial charge in [0.05, 0.1) is 10.2 Å². The molecule has 0 atom stereocenters. The van der Waals surface area contributed by atoms with Crippen molar-refractivity contribution in [2.75, 3.05) is 4.90 Å². The van der Waals surface area contributed by atoms with Gasteiger partial charge in [-0.3, -0.25) is 14.9 Å². The van der Waals surface area contributed by atoms with Crippen LogP contribution in [-0.4, -0.2) is 17.8 Å². The Balaban J connectivity index is 1.45. The molecule has 1 saturated heterocycles. The number of benzene rings is 4. The number of fused-ring (bicyclic) bond motifs is 1. The van der Waals surface area contributed by atoms with Gasteiger partial charge in [0.25, 0.3) is 11.8 Å². The number of anilines is 1. The normalized spacial score (nSPS) is 14.5. The molecule has 4 amide bonds. The van der Waals surface area contributed by atoms with Gasteiger partial charge >= 0.3 is 6.03 Å². The molecule has 4 aromatic rings. The second kappa shape index (κ2) is 11.5. The number of allylic oxidation sites excluding steroid dienone is 1. The average molecular weight is 616 g/mol. The van der Waals surface area contributed by atoms with Crippen molar-refractivity contribution in [2.45, 2.75) is 20.0 Å². The minimum absolute atomic E-state index is 0.183. The molecule has 1 aliphatic rings. The minimum atomic E-state index is -0.835. The van der Waals surface area contributed by atoms with Crippen molar-refractivity contribution in [1.29, 1.82) is 0 Å². The van der Waals surface area contributed by atoms with E-state index >= 15 is 0 Å². The number of imide groups is 2. The van der Waals surface area contributed by atoms with E-state index in [1.54, 1.807) is 24.3 Å². The zero-order valence-electron chi connectivity index (χ0n) is 21.5. The first-order valence-corrected chi connectivity index (χ1v) is 13.6. The van der Waals surface area contributed by atoms with E-state index in [1.807, 2.05) is 31.2 Å². The van der Waals surface area contributed by atoms with Crippen LogP contribution in [0, 0.1) is 6.92 Å². The summed E-state index contributed by atoms with van der Waals surface area (Å²) in [7, 11) is 0. The number of carbonyl (C=O) groups excluding carboxylic acids is 3. The summed E-state index contributed by atoms with van der Waals surface area (Å²) in [6.45, 7) is 6.02. The van der Waals surface area contributed by atoms with E-state index in [1.165, 1.54) is 12.1 Å². The molecule has 200 valence electrons. The van der Waals surface area contributed by atoms with Gasteiger partial charge in [0.15, 0.2) is 0 Å². The number of ether oxygens (including phenoxy) is 1. The molecule has 0 bridgehead atoms. The molecule has 40 heavy (non-hydrogen) atoms. The van der Waals surface area contributed by atoms with E-state index in [4.69, 9.17) is 16.3 Å². The van der Waals surface area contributed by atoms with E-state index in [9.17, 15) is 14.4 Å². The maximum Gasteiger partial charge on any atom is 0.335 e. The number of carbonyl (C=O) groups is 3. The molecule has 1 fully saturated rings. The second-order valence-corrected chi connectivity index (χ2v) is 10.6. The Kier molecular flexibility index (Phi) is 7.87. The van der Waals surface area contributed by atoms with Crippen LogP contribution in [0.15, 0.2) is 95.5 Å². The Morgan fingerprint density at radius 2 is 1.77 bits per heavy atom. The third-order valence-corrected chi connectivity index (χ3v) is 7.53. The smallest absolute Gasteiger partial charge is 0.335 e. The van der Waals surface area contributed by atoms with Crippen LogP contribution < -0.4 is 15.0 Å². The van der Waals surface area contributed by atoms with Crippen molar-refractivity contribution in [2.24, 2.45) is 0 Å². The van der Waals surface area contributed by atoms with Gasteiger partial charge in [0, 0.05) is 5.02 Å². The molecule has 6 nitrogen and oxygen atoms in total. The molecule has 1 heterocycles. The van der Waals surface area contributed by atoms with Crippen LogP contribution in [-0.2, 0) is 22.6 Å². The van der Waals surface area contributed by atoms with Gasteiger partial charge in [-0.1, -0.05) is 60.1 Å². The van der Waals surface area contributed by atoms with Crippen LogP contribution in [0.2, 0.25) is 5.02 Å². The highest BCUT2D eigenvalue weighted by Crippen LogP contribution is 2.34. The van der Waals surface area contributed by atoms with Gasteiger partial charge in [-0.2, -0.15) is 0 Å². The summed E-state index contributed by atoms with van der Waals surface area (Å²) in [5, 5.41) is 4.93. The number of hydrogen-bond donors (Lipinski definition) is 1. The number of barbiturate groups is 1. The molecule has 1 N–H and O–H groups in total. The lowest BCUT2D eigenvalue weighted by atomic mass is 10.0. The number of hydrogen-bond acceptors (Lipinski definition) is 4. The van der Waals surface area contributed by atoms with Gasteiger partial charge < -0.3 is 4.74 Å². The summed E-state index contributed by atoms with van der Waals surface area (Å²) >= 11 is 9.81. The minimum Gasteiger partial charge on any atom is -0.487 e. The number of rotatable bonds is 7. The van der Waals surface area contributed by atoms with E-state index in [2.05, 4.69) is 52.1 Å². The summed E-state index contributed by atoms with van der Waals surface area (Å²) in [6, 6.07) is 21.9. The maximum absolute atomic E-state index is 13.3. The van der Waals surface area contributed by atoms with Crippen LogP contribution in [0.5, 0.6) is 5.75 Å². The summed E-state index contributed by atoms with van der Waals surface area (Å²) in [4.78, 5) is 39.5. The zero-order valence-corrected chi connectivity index (χ0v) is 23.9. The van der Waals surface area contributed by atoms with E-state index in [0.717, 1.165) is 32.4 Å². The molecule has 0 unspecified atom stereocenters. The molecule has 0 radical (unpaired) electrons. The first-order chi connectivity index (χ1) is 19.2. The summed E-state index contributed by atoms with van der Waals surface area (Å²) in [6.07, 6.45) is 3.70. The molecule has 1 aliphatic heterocycles. The Morgan fingerprint density at radius 3 is 2.52 bits per heavy atom.